The summed E-state index contributed by atoms with van der Waals surface area (Å²) in [5.74, 6) is 0.893. The maximum atomic E-state index is 5.45. The predicted octanol–water partition coefficient (Wildman–Crippen LogP) is 3.75. The van der Waals surface area contributed by atoms with Gasteiger partial charge in [-0.1, -0.05) is 26.2 Å². The highest BCUT2D eigenvalue weighted by Gasteiger charge is 2.22. The molecule has 0 aromatic rings. The summed E-state index contributed by atoms with van der Waals surface area (Å²) < 4.78 is 5.45. The van der Waals surface area contributed by atoms with Gasteiger partial charge in [-0.05, 0) is 51.5 Å². The molecule has 0 aliphatic heterocycles. The first-order valence-corrected chi connectivity index (χ1v) is 7.69. The Labute approximate surface area is 108 Å². The van der Waals surface area contributed by atoms with E-state index in [2.05, 4.69) is 19.2 Å². The van der Waals surface area contributed by atoms with Gasteiger partial charge in [-0.3, -0.25) is 0 Å². The lowest BCUT2D eigenvalue weighted by Gasteiger charge is -2.26. The highest BCUT2D eigenvalue weighted by molar-refractivity contribution is 4.79. The minimum absolute atomic E-state index is 0.777. The minimum atomic E-state index is 0.777. The van der Waals surface area contributed by atoms with Crippen LogP contribution in [-0.4, -0.2) is 25.8 Å². The molecule has 1 aliphatic carbocycles. The second-order valence-corrected chi connectivity index (χ2v) is 5.30. The van der Waals surface area contributed by atoms with Crippen LogP contribution in [0.3, 0.4) is 0 Å². The van der Waals surface area contributed by atoms with Crippen molar-refractivity contribution in [2.75, 3.05) is 19.8 Å². The van der Waals surface area contributed by atoms with Crippen LogP contribution in [0.25, 0.3) is 0 Å². The zero-order valence-corrected chi connectivity index (χ0v) is 11.8. The summed E-state index contributed by atoms with van der Waals surface area (Å²) in [6, 6.07) is 0.777. The standard InChI is InChI=1S/C15H31NO/c1-3-12-16-15-11-7-5-6-9-14(15)10-8-13-17-4-2/h14-16H,3-13H2,1-2H3. The molecule has 0 spiro atoms. The Bertz CT molecular complexity index is 172. The third kappa shape index (κ3) is 6.42. The first-order valence-electron chi connectivity index (χ1n) is 7.69. The Morgan fingerprint density at radius 3 is 2.71 bits per heavy atom. The molecular weight excluding hydrogens is 210 g/mol. The third-order valence-electron chi connectivity index (χ3n) is 3.88. The van der Waals surface area contributed by atoms with E-state index in [0.29, 0.717) is 0 Å². The Hall–Kier alpha value is -0.0800. The molecule has 17 heavy (non-hydrogen) atoms. The van der Waals surface area contributed by atoms with Crippen LogP contribution < -0.4 is 5.32 Å². The van der Waals surface area contributed by atoms with Gasteiger partial charge in [-0.2, -0.15) is 0 Å². The van der Waals surface area contributed by atoms with Crippen LogP contribution in [0.2, 0.25) is 0 Å². The smallest absolute Gasteiger partial charge is 0.0466 e. The molecule has 0 aromatic heterocycles. The quantitative estimate of drug-likeness (QED) is 0.516. The van der Waals surface area contributed by atoms with Gasteiger partial charge in [0.25, 0.3) is 0 Å². The second kappa shape index (κ2) is 9.90. The van der Waals surface area contributed by atoms with E-state index in [-0.39, 0.29) is 0 Å². The van der Waals surface area contributed by atoms with E-state index in [4.69, 9.17) is 4.74 Å². The topological polar surface area (TPSA) is 21.3 Å². The molecule has 0 bridgehead atoms. The molecule has 1 saturated carbocycles. The van der Waals surface area contributed by atoms with Gasteiger partial charge in [0, 0.05) is 19.3 Å². The first kappa shape index (κ1) is 15.0. The molecule has 0 saturated heterocycles. The molecule has 2 nitrogen and oxygen atoms in total. The third-order valence-corrected chi connectivity index (χ3v) is 3.88. The van der Waals surface area contributed by atoms with Gasteiger partial charge < -0.3 is 10.1 Å². The van der Waals surface area contributed by atoms with E-state index in [1.165, 1.54) is 57.9 Å². The van der Waals surface area contributed by atoms with E-state index in [1.54, 1.807) is 0 Å². The van der Waals surface area contributed by atoms with E-state index in [1.807, 2.05) is 0 Å². The number of nitrogens with one attached hydrogen (secondary N) is 1. The minimum Gasteiger partial charge on any atom is -0.382 e. The van der Waals surface area contributed by atoms with E-state index >= 15 is 0 Å². The van der Waals surface area contributed by atoms with Gasteiger partial charge in [0.2, 0.25) is 0 Å². The van der Waals surface area contributed by atoms with Crippen LogP contribution in [0.5, 0.6) is 0 Å². The van der Waals surface area contributed by atoms with Gasteiger partial charge >= 0.3 is 0 Å². The lowest BCUT2D eigenvalue weighted by atomic mass is 9.90. The van der Waals surface area contributed by atoms with E-state index < -0.39 is 0 Å². The SMILES string of the molecule is CCCNC1CCCCCC1CCCOCC. The molecule has 0 radical (unpaired) electrons. The Balaban J connectivity index is 2.27. The molecule has 2 heteroatoms. The van der Waals surface area contributed by atoms with Crippen molar-refractivity contribution in [3.63, 3.8) is 0 Å². The Morgan fingerprint density at radius 2 is 1.94 bits per heavy atom. The van der Waals surface area contributed by atoms with Crippen LogP contribution in [0.15, 0.2) is 0 Å². The zero-order valence-electron chi connectivity index (χ0n) is 11.8. The molecule has 0 aromatic carbocycles. The average Bonchev–Trinajstić information content (AvgIpc) is 2.57. The zero-order chi connectivity index (χ0) is 12.3. The number of rotatable bonds is 8. The maximum Gasteiger partial charge on any atom is 0.0466 e. The van der Waals surface area contributed by atoms with Crippen molar-refractivity contribution >= 4 is 0 Å². The molecule has 2 atom stereocenters. The van der Waals surface area contributed by atoms with E-state index in [9.17, 15) is 0 Å². The monoisotopic (exact) mass is 241 g/mol. The highest BCUT2D eigenvalue weighted by Crippen LogP contribution is 2.27. The van der Waals surface area contributed by atoms with Gasteiger partial charge in [-0.25, -0.2) is 0 Å². The summed E-state index contributed by atoms with van der Waals surface area (Å²) in [7, 11) is 0. The van der Waals surface area contributed by atoms with Crippen molar-refractivity contribution in [2.24, 2.45) is 5.92 Å². The summed E-state index contributed by atoms with van der Waals surface area (Å²) >= 11 is 0. The highest BCUT2D eigenvalue weighted by atomic mass is 16.5. The Kier molecular flexibility index (Phi) is 8.72. The van der Waals surface area contributed by atoms with Crippen molar-refractivity contribution in [1.82, 2.24) is 5.32 Å². The van der Waals surface area contributed by atoms with Crippen LogP contribution in [-0.2, 0) is 4.74 Å². The van der Waals surface area contributed by atoms with Crippen molar-refractivity contribution in [1.29, 1.82) is 0 Å². The molecular formula is C15H31NO. The van der Waals surface area contributed by atoms with Crippen LogP contribution >= 0.6 is 0 Å². The lowest BCUT2D eigenvalue weighted by molar-refractivity contribution is 0.136. The fourth-order valence-corrected chi connectivity index (χ4v) is 2.92. The lowest BCUT2D eigenvalue weighted by Crippen LogP contribution is -2.36. The van der Waals surface area contributed by atoms with Gasteiger partial charge in [-0.15, -0.1) is 0 Å². The largest absolute Gasteiger partial charge is 0.382 e. The van der Waals surface area contributed by atoms with E-state index in [0.717, 1.165) is 25.2 Å². The molecule has 0 heterocycles. The summed E-state index contributed by atoms with van der Waals surface area (Å²) in [6.45, 7) is 7.34. The normalized spacial score (nSPS) is 25.8. The van der Waals surface area contributed by atoms with Crippen molar-refractivity contribution in [3.05, 3.63) is 0 Å². The number of ether oxygens (including phenoxy) is 1. The average molecular weight is 241 g/mol. The van der Waals surface area contributed by atoms with Crippen molar-refractivity contribution in [3.8, 4) is 0 Å². The number of hydrogen-bond acceptors (Lipinski definition) is 2. The summed E-state index contributed by atoms with van der Waals surface area (Å²) in [4.78, 5) is 0. The summed E-state index contributed by atoms with van der Waals surface area (Å²) in [5.41, 5.74) is 0. The predicted molar refractivity (Wildman–Crippen MR) is 74.4 cm³/mol. The van der Waals surface area contributed by atoms with Crippen LogP contribution in [0.1, 0.15) is 65.2 Å². The Morgan fingerprint density at radius 1 is 1.12 bits per heavy atom. The van der Waals surface area contributed by atoms with Crippen molar-refractivity contribution < 1.29 is 4.74 Å². The molecule has 0 amide bonds. The van der Waals surface area contributed by atoms with Crippen LogP contribution in [0, 0.1) is 5.92 Å². The van der Waals surface area contributed by atoms with Crippen LogP contribution in [0.4, 0.5) is 0 Å². The van der Waals surface area contributed by atoms with Gasteiger partial charge in [0.05, 0.1) is 0 Å². The molecule has 1 rings (SSSR count). The molecule has 1 N–H and O–H groups in total. The summed E-state index contributed by atoms with van der Waals surface area (Å²) in [6.07, 6.45) is 10.9. The fraction of sp³-hybridized carbons (Fsp3) is 1.00. The first-order chi connectivity index (χ1) is 8.38. The molecule has 2 unspecified atom stereocenters. The molecule has 1 fully saturated rings. The molecule has 102 valence electrons. The maximum absolute atomic E-state index is 5.45. The fourth-order valence-electron chi connectivity index (χ4n) is 2.92. The summed E-state index contributed by atoms with van der Waals surface area (Å²) in [5, 5.41) is 3.76. The van der Waals surface area contributed by atoms with Gasteiger partial charge in [0.15, 0.2) is 0 Å². The number of hydrogen-bond donors (Lipinski definition) is 1. The van der Waals surface area contributed by atoms with Gasteiger partial charge in [0.1, 0.15) is 0 Å². The molecule has 1 aliphatic rings. The second-order valence-electron chi connectivity index (χ2n) is 5.30. The van der Waals surface area contributed by atoms with Crippen molar-refractivity contribution in [2.45, 2.75) is 71.3 Å².